The maximum Gasteiger partial charge on any atom is 0.262 e. The van der Waals surface area contributed by atoms with Crippen LogP contribution in [0.4, 0.5) is 10.1 Å². The van der Waals surface area contributed by atoms with Crippen molar-refractivity contribution >= 4 is 17.2 Å². The number of halogens is 1. The highest BCUT2D eigenvalue weighted by Crippen LogP contribution is 2.25. The van der Waals surface area contributed by atoms with Crippen LogP contribution in [0, 0.1) is 19.7 Å². The van der Waals surface area contributed by atoms with E-state index in [1.165, 1.54) is 24.3 Å². The van der Waals surface area contributed by atoms with E-state index in [1.54, 1.807) is 0 Å². The van der Waals surface area contributed by atoms with Crippen LogP contribution >= 0.6 is 0 Å². The van der Waals surface area contributed by atoms with Crippen LogP contribution in [0.1, 0.15) is 11.1 Å². The van der Waals surface area contributed by atoms with Crippen molar-refractivity contribution in [1.29, 1.82) is 0 Å². The van der Waals surface area contributed by atoms with Crippen molar-refractivity contribution in [2.75, 3.05) is 11.9 Å². The summed E-state index contributed by atoms with van der Waals surface area (Å²) in [5.74, 6) is -0.205. The van der Waals surface area contributed by atoms with Crippen LogP contribution in [0.15, 0.2) is 67.0 Å². The second kappa shape index (κ2) is 7.75. The van der Waals surface area contributed by atoms with E-state index in [0.717, 1.165) is 28.0 Å². The lowest BCUT2D eigenvalue weighted by molar-refractivity contribution is -0.118. The van der Waals surface area contributed by atoms with Crippen molar-refractivity contribution in [2.45, 2.75) is 13.8 Å². The van der Waals surface area contributed by atoms with Gasteiger partial charge in [-0.25, -0.2) is 9.37 Å². The summed E-state index contributed by atoms with van der Waals surface area (Å²) >= 11 is 0. The minimum absolute atomic E-state index is 0.164. The molecule has 4 aromatic rings. The van der Waals surface area contributed by atoms with Crippen molar-refractivity contribution in [1.82, 2.24) is 9.38 Å². The molecule has 0 unspecified atom stereocenters. The van der Waals surface area contributed by atoms with E-state index in [1.807, 2.05) is 61.0 Å². The topological polar surface area (TPSA) is 55.6 Å². The number of fused-ring (bicyclic) bond motifs is 1. The summed E-state index contributed by atoms with van der Waals surface area (Å²) in [6.07, 6.45) is 3.94. The average Bonchev–Trinajstić information content (AvgIpc) is 3.12. The lowest BCUT2D eigenvalue weighted by Crippen LogP contribution is -2.20. The average molecular weight is 389 g/mol. The Kier molecular flexibility index (Phi) is 4.99. The van der Waals surface area contributed by atoms with Crippen LogP contribution in [0.5, 0.6) is 5.75 Å². The first-order valence-corrected chi connectivity index (χ1v) is 9.22. The van der Waals surface area contributed by atoms with Gasteiger partial charge in [-0.1, -0.05) is 12.1 Å². The number of aromatic nitrogens is 2. The number of benzene rings is 2. The molecule has 0 radical (unpaired) electrons. The number of amides is 1. The third-order valence-corrected chi connectivity index (χ3v) is 4.61. The molecule has 0 aliphatic rings. The molecule has 0 bridgehead atoms. The van der Waals surface area contributed by atoms with E-state index in [4.69, 9.17) is 4.74 Å². The first kappa shape index (κ1) is 18.7. The molecule has 4 rings (SSSR count). The van der Waals surface area contributed by atoms with Gasteiger partial charge in [-0.05, 0) is 67.4 Å². The van der Waals surface area contributed by atoms with Crippen molar-refractivity contribution in [3.8, 4) is 17.0 Å². The van der Waals surface area contributed by atoms with Crippen molar-refractivity contribution in [3.05, 3.63) is 83.9 Å². The largest absolute Gasteiger partial charge is 0.484 e. The van der Waals surface area contributed by atoms with E-state index in [2.05, 4.69) is 10.3 Å². The summed E-state index contributed by atoms with van der Waals surface area (Å²) in [7, 11) is 0. The number of hydrogen-bond donors (Lipinski definition) is 1. The van der Waals surface area contributed by atoms with E-state index in [-0.39, 0.29) is 18.3 Å². The number of rotatable bonds is 5. The Labute approximate surface area is 167 Å². The number of carbonyl (C=O) groups excluding carboxylic acids is 1. The number of pyridine rings is 1. The Morgan fingerprint density at radius 1 is 1.10 bits per heavy atom. The molecular formula is C23H20FN3O2. The first-order chi connectivity index (χ1) is 14.0. The minimum atomic E-state index is -0.351. The highest BCUT2D eigenvalue weighted by atomic mass is 19.1. The summed E-state index contributed by atoms with van der Waals surface area (Å²) < 4.78 is 20.3. The molecule has 29 heavy (non-hydrogen) atoms. The molecule has 1 amide bonds. The summed E-state index contributed by atoms with van der Waals surface area (Å²) in [6, 6.07) is 15.4. The monoisotopic (exact) mass is 389 g/mol. The van der Waals surface area contributed by atoms with Crippen molar-refractivity contribution in [3.63, 3.8) is 0 Å². The van der Waals surface area contributed by atoms with Gasteiger partial charge >= 0.3 is 0 Å². The molecule has 0 spiro atoms. The molecule has 5 nitrogen and oxygen atoms in total. The zero-order chi connectivity index (χ0) is 20.4. The van der Waals surface area contributed by atoms with Crippen molar-refractivity contribution in [2.24, 2.45) is 0 Å². The molecule has 2 aromatic heterocycles. The van der Waals surface area contributed by atoms with Crippen LogP contribution in [0.2, 0.25) is 0 Å². The molecule has 0 fully saturated rings. The van der Waals surface area contributed by atoms with Gasteiger partial charge in [0.1, 0.15) is 17.2 Å². The highest BCUT2D eigenvalue weighted by Gasteiger charge is 2.10. The smallest absolute Gasteiger partial charge is 0.262 e. The lowest BCUT2D eigenvalue weighted by Gasteiger charge is -2.11. The number of imidazole rings is 1. The standard InChI is InChI=1S/C23H20FN3O2/c1-15-9-10-27-13-21(25-22(27)11-15)17-4-3-16(2)20(12-17)26-23(28)14-29-19-7-5-18(24)6-8-19/h3-13H,14H2,1-2H3,(H,26,28). The fourth-order valence-corrected chi connectivity index (χ4v) is 3.00. The van der Waals surface area contributed by atoms with E-state index in [0.29, 0.717) is 11.4 Å². The van der Waals surface area contributed by atoms with Gasteiger partial charge in [0.25, 0.3) is 5.91 Å². The van der Waals surface area contributed by atoms with E-state index >= 15 is 0 Å². The molecule has 6 heteroatoms. The van der Waals surface area contributed by atoms with E-state index < -0.39 is 0 Å². The van der Waals surface area contributed by atoms with Gasteiger partial charge in [0, 0.05) is 23.6 Å². The number of nitrogens with one attached hydrogen (secondary N) is 1. The van der Waals surface area contributed by atoms with Gasteiger partial charge < -0.3 is 14.5 Å². The van der Waals surface area contributed by atoms with Gasteiger partial charge in [0.15, 0.2) is 6.61 Å². The Bertz CT molecular complexity index is 1180. The van der Waals surface area contributed by atoms with Crippen LogP contribution in [0.25, 0.3) is 16.9 Å². The quantitative estimate of drug-likeness (QED) is 0.535. The predicted octanol–water partition coefficient (Wildman–Crippen LogP) is 4.77. The molecular weight excluding hydrogens is 369 g/mol. The Hall–Kier alpha value is -3.67. The predicted molar refractivity (Wildman–Crippen MR) is 111 cm³/mol. The fourth-order valence-electron chi connectivity index (χ4n) is 3.00. The van der Waals surface area contributed by atoms with Crippen LogP contribution < -0.4 is 10.1 Å². The number of anilines is 1. The fraction of sp³-hybridized carbons (Fsp3) is 0.130. The molecule has 0 saturated heterocycles. The molecule has 0 atom stereocenters. The highest BCUT2D eigenvalue weighted by molar-refractivity contribution is 5.93. The van der Waals surface area contributed by atoms with Crippen LogP contribution in [0.3, 0.4) is 0 Å². The van der Waals surface area contributed by atoms with Gasteiger partial charge in [0.05, 0.1) is 5.69 Å². The maximum absolute atomic E-state index is 12.9. The lowest BCUT2D eigenvalue weighted by atomic mass is 10.1. The second-order valence-corrected chi connectivity index (χ2v) is 6.92. The third kappa shape index (κ3) is 4.27. The summed E-state index contributed by atoms with van der Waals surface area (Å²) in [6.45, 7) is 3.79. The molecule has 0 aliphatic heterocycles. The number of nitrogens with zero attached hydrogens (tertiary/aromatic N) is 2. The SMILES string of the molecule is Cc1ccn2cc(-c3ccc(C)c(NC(=O)COc4ccc(F)cc4)c3)nc2c1. The number of ether oxygens (including phenoxy) is 1. The molecule has 0 saturated carbocycles. The van der Waals surface area contributed by atoms with Crippen LogP contribution in [-0.2, 0) is 4.79 Å². The van der Waals surface area contributed by atoms with Crippen molar-refractivity contribution < 1.29 is 13.9 Å². The third-order valence-electron chi connectivity index (χ3n) is 4.61. The van der Waals surface area contributed by atoms with E-state index in [9.17, 15) is 9.18 Å². The number of hydrogen-bond acceptors (Lipinski definition) is 3. The zero-order valence-electron chi connectivity index (χ0n) is 16.1. The summed E-state index contributed by atoms with van der Waals surface area (Å²) in [4.78, 5) is 17.0. The van der Waals surface area contributed by atoms with Gasteiger partial charge in [0.2, 0.25) is 0 Å². The normalized spacial score (nSPS) is 10.9. The Balaban J connectivity index is 1.50. The Morgan fingerprint density at radius 2 is 1.90 bits per heavy atom. The molecule has 1 N–H and O–H groups in total. The Morgan fingerprint density at radius 3 is 2.69 bits per heavy atom. The van der Waals surface area contributed by atoms with Crippen LogP contribution in [-0.4, -0.2) is 21.9 Å². The zero-order valence-corrected chi connectivity index (χ0v) is 16.1. The summed E-state index contributed by atoms with van der Waals surface area (Å²) in [5, 5.41) is 2.87. The molecule has 146 valence electrons. The molecule has 0 aliphatic carbocycles. The van der Waals surface area contributed by atoms with Gasteiger partial charge in [-0.3, -0.25) is 4.79 Å². The second-order valence-electron chi connectivity index (χ2n) is 6.92. The molecule has 2 aromatic carbocycles. The maximum atomic E-state index is 12.9. The minimum Gasteiger partial charge on any atom is -0.484 e. The first-order valence-electron chi connectivity index (χ1n) is 9.22. The van der Waals surface area contributed by atoms with Gasteiger partial charge in [-0.2, -0.15) is 0 Å². The number of carbonyl (C=O) groups is 1. The molecule has 2 heterocycles. The van der Waals surface area contributed by atoms with Gasteiger partial charge in [-0.15, -0.1) is 0 Å². The summed E-state index contributed by atoms with van der Waals surface area (Å²) in [5.41, 5.74) is 5.39. The number of aryl methyl sites for hydroxylation is 2.